The summed E-state index contributed by atoms with van der Waals surface area (Å²) in [5.41, 5.74) is 0. The minimum atomic E-state index is -0.101. The zero-order chi connectivity index (χ0) is 21.4. The molecule has 0 aromatic carbocycles. The molecular formula is C24H47NO3S. The molecule has 0 rings (SSSR count). The maximum absolute atomic E-state index is 11.6. The van der Waals surface area contributed by atoms with Crippen molar-refractivity contribution in [2.45, 2.75) is 117 Å². The van der Waals surface area contributed by atoms with Gasteiger partial charge in [0.25, 0.3) is 0 Å². The minimum Gasteiger partial charge on any atom is -0.463 e. The molecule has 0 heterocycles. The monoisotopic (exact) mass is 429 g/mol. The van der Waals surface area contributed by atoms with Gasteiger partial charge in [0.15, 0.2) is 0 Å². The third kappa shape index (κ3) is 25.3. The van der Waals surface area contributed by atoms with Crippen LogP contribution in [0.5, 0.6) is 0 Å². The maximum atomic E-state index is 11.6. The van der Waals surface area contributed by atoms with Crippen molar-refractivity contribution in [3.63, 3.8) is 0 Å². The van der Waals surface area contributed by atoms with E-state index in [2.05, 4.69) is 12.2 Å². The normalized spacial score (nSPS) is 10.8. The highest BCUT2D eigenvalue weighted by Gasteiger charge is 2.02. The van der Waals surface area contributed by atoms with Crippen LogP contribution >= 0.6 is 12.2 Å². The highest BCUT2D eigenvalue weighted by atomic mass is 32.1. The van der Waals surface area contributed by atoms with Gasteiger partial charge in [-0.3, -0.25) is 4.79 Å². The van der Waals surface area contributed by atoms with E-state index in [1.807, 2.05) is 6.92 Å². The van der Waals surface area contributed by atoms with E-state index in [4.69, 9.17) is 21.7 Å². The zero-order valence-electron chi connectivity index (χ0n) is 19.3. The van der Waals surface area contributed by atoms with Crippen molar-refractivity contribution in [2.75, 3.05) is 26.4 Å². The number of ether oxygens (including phenoxy) is 2. The van der Waals surface area contributed by atoms with Gasteiger partial charge in [0, 0.05) is 13.0 Å². The average Bonchev–Trinajstić information content (AvgIpc) is 2.70. The Bertz CT molecular complexity index is 377. The molecule has 0 radical (unpaired) electrons. The van der Waals surface area contributed by atoms with Crippen LogP contribution in [0, 0.1) is 0 Å². The number of esters is 1. The highest BCUT2D eigenvalue weighted by Crippen LogP contribution is 2.13. The first-order valence-electron chi connectivity index (χ1n) is 12.1. The Morgan fingerprint density at radius 1 is 0.724 bits per heavy atom. The Morgan fingerprint density at radius 3 is 1.69 bits per heavy atom. The van der Waals surface area contributed by atoms with E-state index in [-0.39, 0.29) is 5.97 Å². The van der Waals surface area contributed by atoms with Crippen LogP contribution in [-0.2, 0) is 14.3 Å². The molecule has 0 aromatic rings. The molecular weight excluding hydrogens is 382 g/mol. The molecule has 0 fully saturated rings. The Labute approximate surface area is 185 Å². The van der Waals surface area contributed by atoms with E-state index < -0.39 is 0 Å². The number of hydrogen-bond acceptors (Lipinski definition) is 4. The third-order valence-electron chi connectivity index (χ3n) is 5.10. The molecule has 0 atom stereocenters. The zero-order valence-corrected chi connectivity index (χ0v) is 20.1. The molecule has 172 valence electrons. The van der Waals surface area contributed by atoms with E-state index in [1.54, 1.807) is 0 Å². The van der Waals surface area contributed by atoms with Gasteiger partial charge in [-0.15, -0.1) is 0 Å². The average molecular weight is 430 g/mol. The molecule has 1 N–H and O–H groups in total. The van der Waals surface area contributed by atoms with Crippen molar-refractivity contribution in [1.29, 1.82) is 0 Å². The summed E-state index contributed by atoms with van der Waals surface area (Å²) in [5.74, 6) is -0.101. The second kappa shape index (κ2) is 23.6. The van der Waals surface area contributed by atoms with Crippen molar-refractivity contribution in [3.8, 4) is 0 Å². The topological polar surface area (TPSA) is 47.6 Å². The number of unbranched alkanes of at least 4 members (excludes halogenated alkanes) is 14. The maximum Gasteiger partial charge on any atom is 0.305 e. The molecule has 0 saturated carbocycles. The number of hydrogen-bond donors (Lipinski definition) is 1. The second-order valence-electron chi connectivity index (χ2n) is 8.02. The van der Waals surface area contributed by atoms with Gasteiger partial charge in [0.1, 0.15) is 6.61 Å². The van der Waals surface area contributed by atoms with Crippen molar-refractivity contribution in [2.24, 2.45) is 0 Å². The van der Waals surface area contributed by atoms with E-state index in [9.17, 15) is 4.79 Å². The summed E-state index contributed by atoms with van der Waals surface area (Å²) in [6, 6.07) is 0. The largest absolute Gasteiger partial charge is 0.463 e. The van der Waals surface area contributed by atoms with Crippen molar-refractivity contribution in [3.05, 3.63) is 0 Å². The van der Waals surface area contributed by atoms with Crippen molar-refractivity contribution in [1.82, 2.24) is 5.32 Å². The molecule has 0 bridgehead atoms. The lowest BCUT2D eigenvalue weighted by Gasteiger charge is -2.07. The number of carbonyl (C=O) groups is 1. The Morgan fingerprint density at radius 2 is 1.21 bits per heavy atom. The van der Waals surface area contributed by atoms with Crippen LogP contribution in [-0.4, -0.2) is 37.3 Å². The molecule has 29 heavy (non-hydrogen) atoms. The number of rotatable bonds is 22. The molecule has 0 aliphatic carbocycles. The van der Waals surface area contributed by atoms with Gasteiger partial charge < -0.3 is 14.8 Å². The van der Waals surface area contributed by atoms with Crippen LogP contribution in [0.2, 0.25) is 0 Å². The number of carbonyl (C=O) groups excluding carboxylic acids is 1. The predicted octanol–water partition coefficient (Wildman–Crippen LogP) is 6.74. The summed E-state index contributed by atoms with van der Waals surface area (Å²) < 4.78 is 10.5. The van der Waals surface area contributed by atoms with Crippen LogP contribution in [0.3, 0.4) is 0 Å². The predicted molar refractivity (Wildman–Crippen MR) is 128 cm³/mol. The summed E-state index contributed by atoms with van der Waals surface area (Å²) >= 11 is 4.91. The van der Waals surface area contributed by atoms with Crippen LogP contribution in [0.1, 0.15) is 117 Å². The smallest absolute Gasteiger partial charge is 0.305 e. The first kappa shape index (κ1) is 28.3. The third-order valence-corrected chi connectivity index (χ3v) is 5.24. The lowest BCUT2D eigenvalue weighted by molar-refractivity contribution is -0.145. The molecule has 4 nitrogen and oxygen atoms in total. The van der Waals surface area contributed by atoms with Crippen LogP contribution in [0.15, 0.2) is 0 Å². The summed E-state index contributed by atoms with van der Waals surface area (Å²) in [5, 5.41) is 3.02. The van der Waals surface area contributed by atoms with Crippen molar-refractivity contribution >= 4 is 23.2 Å². The van der Waals surface area contributed by atoms with Crippen LogP contribution in [0.4, 0.5) is 0 Å². The lowest BCUT2D eigenvalue weighted by Crippen LogP contribution is -2.23. The lowest BCUT2D eigenvalue weighted by atomic mass is 10.0. The fraction of sp³-hybridized carbons (Fsp3) is 0.917. The molecule has 5 heteroatoms. The summed E-state index contributed by atoms with van der Waals surface area (Å²) in [7, 11) is 0. The number of thiocarbonyl (C=S) groups is 1. The van der Waals surface area contributed by atoms with Gasteiger partial charge in [-0.25, -0.2) is 0 Å². The van der Waals surface area contributed by atoms with Gasteiger partial charge in [-0.05, 0) is 13.3 Å². The highest BCUT2D eigenvalue weighted by molar-refractivity contribution is 7.80. The molecule has 0 aromatic heterocycles. The molecule has 0 unspecified atom stereocenters. The van der Waals surface area contributed by atoms with Gasteiger partial charge in [0.2, 0.25) is 0 Å². The van der Waals surface area contributed by atoms with Crippen LogP contribution < -0.4 is 5.32 Å². The minimum absolute atomic E-state index is 0.101. The van der Waals surface area contributed by atoms with Gasteiger partial charge in [0.05, 0.1) is 18.2 Å². The number of nitrogens with one attached hydrogen (secondary N) is 1. The van der Waals surface area contributed by atoms with E-state index in [0.717, 1.165) is 17.8 Å². The SMILES string of the molecule is CCCCCCCCCCCCCCCCCC(=O)OCCOCCNC(C)=S. The molecule has 0 amide bonds. The summed E-state index contributed by atoms with van der Waals surface area (Å²) in [6.07, 6.45) is 20.5. The Hall–Kier alpha value is -0.680. The molecule has 0 aliphatic heterocycles. The summed E-state index contributed by atoms with van der Waals surface area (Å²) in [6.45, 7) is 6.18. The van der Waals surface area contributed by atoms with Crippen molar-refractivity contribution < 1.29 is 14.3 Å². The molecule has 0 spiro atoms. The van der Waals surface area contributed by atoms with Crippen LogP contribution in [0.25, 0.3) is 0 Å². The molecule has 0 saturated heterocycles. The summed E-state index contributed by atoms with van der Waals surface area (Å²) in [4.78, 5) is 12.4. The first-order valence-corrected chi connectivity index (χ1v) is 12.6. The first-order chi connectivity index (χ1) is 14.2. The standard InChI is InChI=1S/C24H47NO3S/c1-3-4-5-6-7-8-9-10-11-12-13-14-15-16-17-18-24(26)28-22-21-27-20-19-25-23(2)29/h3-22H2,1-2H3,(H,25,29). The fourth-order valence-corrected chi connectivity index (χ4v) is 3.43. The molecule has 0 aliphatic rings. The van der Waals surface area contributed by atoms with E-state index in [0.29, 0.717) is 32.8 Å². The fourth-order valence-electron chi connectivity index (χ4n) is 3.33. The Kier molecular flexibility index (Phi) is 23.0. The quantitative estimate of drug-likeness (QED) is 0.117. The van der Waals surface area contributed by atoms with Gasteiger partial charge in [-0.1, -0.05) is 109 Å². The van der Waals surface area contributed by atoms with Gasteiger partial charge in [-0.2, -0.15) is 0 Å². The van der Waals surface area contributed by atoms with E-state index in [1.165, 1.54) is 83.5 Å². The van der Waals surface area contributed by atoms with Gasteiger partial charge >= 0.3 is 5.97 Å². The Balaban J connectivity index is 3.15. The second-order valence-corrected chi connectivity index (χ2v) is 8.63. The van der Waals surface area contributed by atoms with E-state index >= 15 is 0 Å².